The van der Waals surface area contributed by atoms with E-state index in [0.29, 0.717) is 6.54 Å². The fourth-order valence-corrected chi connectivity index (χ4v) is 3.13. The lowest BCUT2D eigenvalue weighted by Crippen LogP contribution is -2.38. The second kappa shape index (κ2) is 8.07. The van der Waals surface area contributed by atoms with E-state index < -0.39 is 17.7 Å². The first-order chi connectivity index (χ1) is 12.1. The summed E-state index contributed by atoms with van der Waals surface area (Å²) >= 11 is 0. The lowest BCUT2D eigenvalue weighted by molar-refractivity contribution is 0.227. The van der Waals surface area contributed by atoms with Crippen molar-refractivity contribution in [3.63, 3.8) is 0 Å². The third kappa shape index (κ3) is 4.54. The quantitative estimate of drug-likeness (QED) is 0.863. The largest absolute Gasteiger partial charge is 0.336 e. The average Bonchev–Trinajstić information content (AvgIpc) is 3.13. The molecule has 1 aliphatic heterocycles. The summed E-state index contributed by atoms with van der Waals surface area (Å²) in [5, 5.41) is 5.22. The SMILES string of the molecule is O=C(NC[C@@H](c1ccccc1)N1CCCC1)Nc1ccc(F)cc1F. The summed E-state index contributed by atoms with van der Waals surface area (Å²) in [5.41, 5.74) is 1.09. The number of rotatable bonds is 5. The topological polar surface area (TPSA) is 44.4 Å². The van der Waals surface area contributed by atoms with Crippen LogP contribution in [0.1, 0.15) is 24.4 Å². The fraction of sp³-hybridized carbons (Fsp3) is 0.316. The molecule has 0 saturated carbocycles. The Bertz CT molecular complexity index is 718. The van der Waals surface area contributed by atoms with Gasteiger partial charge in [0.15, 0.2) is 0 Å². The molecule has 0 aromatic heterocycles. The molecule has 0 aliphatic carbocycles. The lowest BCUT2D eigenvalue weighted by Gasteiger charge is -2.28. The van der Waals surface area contributed by atoms with Crippen LogP contribution < -0.4 is 10.6 Å². The Morgan fingerprint density at radius 3 is 2.48 bits per heavy atom. The van der Waals surface area contributed by atoms with E-state index in [4.69, 9.17) is 0 Å². The molecule has 2 N–H and O–H groups in total. The molecule has 3 rings (SSSR count). The Labute approximate surface area is 145 Å². The molecule has 1 atom stereocenters. The number of amides is 2. The van der Waals surface area contributed by atoms with E-state index in [-0.39, 0.29) is 11.7 Å². The molecule has 1 heterocycles. The van der Waals surface area contributed by atoms with Gasteiger partial charge in [-0.3, -0.25) is 4.90 Å². The fourth-order valence-electron chi connectivity index (χ4n) is 3.13. The summed E-state index contributed by atoms with van der Waals surface area (Å²) in [6, 6.07) is 12.6. The van der Waals surface area contributed by atoms with E-state index >= 15 is 0 Å². The van der Waals surface area contributed by atoms with Crippen LogP contribution in [0.2, 0.25) is 0 Å². The number of halogens is 2. The van der Waals surface area contributed by atoms with Crippen molar-refractivity contribution >= 4 is 11.7 Å². The summed E-state index contributed by atoms with van der Waals surface area (Å²) in [4.78, 5) is 14.4. The van der Waals surface area contributed by atoms with Gasteiger partial charge >= 0.3 is 6.03 Å². The molecule has 2 aromatic rings. The Morgan fingerprint density at radius 1 is 1.08 bits per heavy atom. The van der Waals surface area contributed by atoms with Gasteiger partial charge in [0, 0.05) is 12.6 Å². The number of urea groups is 1. The zero-order chi connectivity index (χ0) is 17.6. The second-order valence-electron chi connectivity index (χ2n) is 6.13. The molecule has 0 unspecified atom stereocenters. The van der Waals surface area contributed by atoms with Crippen LogP contribution in [0.4, 0.5) is 19.3 Å². The number of benzene rings is 2. The third-order valence-corrected chi connectivity index (χ3v) is 4.40. The summed E-state index contributed by atoms with van der Waals surface area (Å²) in [6.07, 6.45) is 2.30. The molecule has 132 valence electrons. The molecule has 6 heteroatoms. The van der Waals surface area contributed by atoms with Gasteiger partial charge in [-0.15, -0.1) is 0 Å². The summed E-state index contributed by atoms with van der Waals surface area (Å²) < 4.78 is 26.6. The smallest absolute Gasteiger partial charge is 0.319 e. The van der Waals surface area contributed by atoms with Crippen LogP contribution in [-0.2, 0) is 0 Å². The van der Waals surface area contributed by atoms with E-state index in [1.807, 2.05) is 30.3 Å². The highest BCUT2D eigenvalue weighted by Crippen LogP contribution is 2.24. The van der Waals surface area contributed by atoms with E-state index in [0.717, 1.165) is 43.6 Å². The lowest BCUT2D eigenvalue weighted by atomic mass is 10.1. The van der Waals surface area contributed by atoms with Crippen molar-refractivity contribution in [2.45, 2.75) is 18.9 Å². The van der Waals surface area contributed by atoms with Crippen molar-refractivity contribution in [1.29, 1.82) is 0 Å². The number of carbonyl (C=O) groups is 1. The van der Waals surface area contributed by atoms with Gasteiger partial charge in [0.2, 0.25) is 0 Å². The standard InChI is InChI=1S/C19H21F2N3O/c20-15-8-9-17(16(21)12-15)23-19(25)22-13-18(24-10-4-5-11-24)14-6-2-1-3-7-14/h1-3,6-9,12,18H,4-5,10-11,13H2,(H2,22,23,25)/t18-/m0/s1. The predicted octanol–water partition coefficient (Wildman–Crippen LogP) is 3.92. The molecule has 1 fully saturated rings. The zero-order valence-corrected chi connectivity index (χ0v) is 13.8. The monoisotopic (exact) mass is 345 g/mol. The highest BCUT2D eigenvalue weighted by Gasteiger charge is 2.23. The van der Waals surface area contributed by atoms with Gasteiger partial charge in [-0.25, -0.2) is 13.6 Å². The first kappa shape index (κ1) is 17.4. The van der Waals surface area contributed by atoms with Crippen LogP contribution in [0.15, 0.2) is 48.5 Å². The molecule has 0 bridgehead atoms. The van der Waals surface area contributed by atoms with Crippen molar-refractivity contribution in [3.8, 4) is 0 Å². The minimum atomic E-state index is -0.797. The number of carbonyl (C=O) groups excluding carboxylic acids is 1. The molecular weight excluding hydrogens is 324 g/mol. The van der Waals surface area contributed by atoms with Crippen LogP contribution in [0.25, 0.3) is 0 Å². The van der Waals surface area contributed by atoms with Gasteiger partial charge in [0.1, 0.15) is 11.6 Å². The van der Waals surface area contributed by atoms with Crippen molar-refractivity contribution < 1.29 is 13.6 Å². The average molecular weight is 345 g/mol. The molecule has 1 saturated heterocycles. The Morgan fingerprint density at radius 2 is 1.80 bits per heavy atom. The van der Waals surface area contributed by atoms with Crippen LogP contribution in [0, 0.1) is 11.6 Å². The predicted molar refractivity (Wildman–Crippen MR) is 93.4 cm³/mol. The van der Waals surface area contributed by atoms with Crippen molar-refractivity contribution in [1.82, 2.24) is 10.2 Å². The van der Waals surface area contributed by atoms with Gasteiger partial charge in [-0.2, -0.15) is 0 Å². The molecule has 1 aliphatic rings. The normalized spacial score (nSPS) is 15.8. The van der Waals surface area contributed by atoms with Crippen molar-refractivity contribution in [2.75, 3.05) is 25.0 Å². The third-order valence-electron chi connectivity index (χ3n) is 4.40. The second-order valence-corrected chi connectivity index (χ2v) is 6.13. The number of hydrogen-bond donors (Lipinski definition) is 2. The number of anilines is 1. The molecule has 2 amide bonds. The van der Waals surface area contributed by atoms with Crippen LogP contribution in [0.3, 0.4) is 0 Å². The number of nitrogens with one attached hydrogen (secondary N) is 2. The van der Waals surface area contributed by atoms with Gasteiger partial charge in [0.25, 0.3) is 0 Å². The summed E-state index contributed by atoms with van der Waals surface area (Å²) in [5.74, 6) is -1.48. The van der Waals surface area contributed by atoms with Gasteiger partial charge < -0.3 is 10.6 Å². The van der Waals surface area contributed by atoms with E-state index in [2.05, 4.69) is 15.5 Å². The maximum Gasteiger partial charge on any atom is 0.319 e. The first-order valence-electron chi connectivity index (χ1n) is 8.42. The molecule has 2 aromatic carbocycles. The van der Waals surface area contributed by atoms with Gasteiger partial charge in [-0.05, 0) is 43.6 Å². The number of likely N-dealkylation sites (tertiary alicyclic amines) is 1. The highest BCUT2D eigenvalue weighted by atomic mass is 19.1. The van der Waals surface area contributed by atoms with Crippen molar-refractivity contribution in [3.05, 3.63) is 65.7 Å². The van der Waals surface area contributed by atoms with E-state index in [1.54, 1.807) is 0 Å². The van der Waals surface area contributed by atoms with E-state index in [9.17, 15) is 13.6 Å². The molecule has 4 nitrogen and oxygen atoms in total. The number of hydrogen-bond acceptors (Lipinski definition) is 2. The number of nitrogens with zero attached hydrogens (tertiary/aromatic N) is 1. The first-order valence-corrected chi connectivity index (χ1v) is 8.42. The zero-order valence-electron chi connectivity index (χ0n) is 13.8. The molecule has 25 heavy (non-hydrogen) atoms. The van der Waals surface area contributed by atoms with Crippen LogP contribution in [0.5, 0.6) is 0 Å². The highest BCUT2D eigenvalue weighted by molar-refractivity contribution is 5.89. The Balaban J connectivity index is 1.63. The minimum Gasteiger partial charge on any atom is -0.336 e. The van der Waals surface area contributed by atoms with Crippen molar-refractivity contribution in [2.24, 2.45) is 0 Å². The van der Waals surface area contributed by atoms with Crippen LogP contribution in [-0.4, -0.2) is 30.6 Å². The van der Waals surface area contributed by atoms with Crippen LogP contribution >= 0.6 is 0 Å². The van der Waals surface area contributed by atoms with Gasteiger partial charge in [0.05, 0.1) is 11.7 Å². The Kier molecular flexibility index (Phi) is 5.60. The molecule has 0 spiro atoms. The van der Waals surface area contributed by atoms with E-state index in [1.165, 1.54) is 6.07 Å². The molecule has 0 radical (unpaired) electrons. The Hall–Kier alpha value is -2.47. The minimum absolute atomic E-state index is 0.0451. The summed E-state index contributed by atoms with van der Waals surface area (Å²) in [7, 11) is 0. The molecular formula is C19H21F2N3O. The van der Waals surface area contributed by atoms with Gasteiger partial charge in [-0.1, -0.05) is 30.3 Å². The maximum absolute atomic E-state index is 13.6. The summed E-state index contributed by atoms with van der Waals surface area (Å²) in [6.45, 7) is 2.41. The maximum atomic E-state index is 13.6.